The second kappa shape index (κ2) is 9.76. The summed E-state index contributed by atoms with van der Waals surface area (Å²) in [5, 5.41) is 4.83. The Bertz CT molecular complexity index is 1010. The number of hydrogen-bond donors (Lipinski definition) is 1. The van der Waals surface area contributed by atoms with E-state index in [2.05, 4.69) is 10.2 Å². The summed E-state index contributed by atoms with van der Waals surface area (Å²) in [6.07, 6.45) is 0. The van der Waals surface area contributed by atoms with Gasteiger partial charge in [-0.05, 0) is 53.4 Å². The molecule has 0 spiro atoms. The van der Waals surface area contributed by atoms with Gasteiger partial charge in [-0.25, -0.2) is 0 Å². The van der Waals surface area contributed by atoms with E-state index in [4.69, 9.17) is 4.74 Å². The average molecular weight is 436 g/mol. The van der Waals surface area contributed by atoms with Crippen LogP contribution in [0, 0.1) is 0 Å². The summed E-state index contributed by atoms with van der Waals surface area (Å²) < 4.78 is 5.13. The maximum Gasteiger partial charge on any atom is 0.264 e. The topological polar surface area (TPSA) is 61.9 Å². The summed E-state index contributed by atoms with van der Waals surface area (Å²) >= 11 is 1.49. The van der Waals surface area contributed by atoms with Crippen molar-refractivity contribution in [3.63, 3.8) is 0 Å². The van der Waals surface area contributed by atoms with E-state index in [0.717, 1.165) is 54.6 Å². The molecule has 1 aromatic heterocycles. The summed E-state index contributed by atoms with van der Waals surface area (Å²) in [4.78, 5) is 30.0. The second-order valence-corrected chi connectivity index (χ2v) is 8.37. The summed E-state index contributed by atoms with van der Waals surface area (Å²) in [5.41, 5.74) is 2.50. The van der Waals surface area contributed by atoms with Crippen LogP contribution in [0.15, 0.2) is 66.0 Å². The first-order valence-electron chi connectivity index (χ1n) is 10.2. The SMILES string of the molecule is COc1ccc(NC(=O)c2ccc(CN3CCN(C(=O)c4cccs4)CC3)cc2)cc1. The molecule has 4 rings (SSSR count). The summed E-state index contributed by atoms with van der Waals surface area (Å²) in [6, 6.07) is 18.7. The number of piperazine rings is 1. The predicted molar refractivity (Wildman–Crippen MR) is 123 cm³/mol. The first kappa shape index (κ1) is 21.1. The Morgan fingerprint density at radius 1 is 0.968 bits per heavy atom. The highest BCUT2D eigenvalue weighted by Crippen LogP contribution is 2.17. The van der Waals surface area contributed by atoms with E-state index in [0.29, 0.717) is 5.56 Å². The molecule has 0 saturated carbocycles. The zero-order valence-corrected chi connectivity index (χ0v) is 18.2. The lowest BCUT2D eigenvalue weighted by molar-refractivity contribution is 0.0633. The van der Waals surface area contributed by atoms with Gasteiger partial charge in [-0.2, -0.15) is 0 Å². The number of methoxy groups -OCH3 is 1. The van der Waals surface area contributed by atoms with Crippen LogP contribution < -0.4 is 10.1 Å². The van der Waals surface area contributed by atoms with Crippen molar-refractivity contribution in [2.24, 2.45) is 0 Å². The fraction of sp³-hybridized carbons (Fsp3) is 0.250. The average Bonchev–Trinajstić information content (AvgIpc) is 3.35. The molecule has 1 fully saturated rings. The van der Waals surface area contributed by atoms with E-state index in [-0.39, 0.29) is 11.8 Å². The van der Waals surface area contributed by atoms with E-state index in [1.807, 2.05) is 70.9 Å². The van der Waals surface area contributed by atoms with E-state index in [9.17, 15) is 9.59 Å². The lowest BCUT2D eigenvalue weighted by Gasteiger charge is -2.34. The summed E-state index contributed by atoms with van der Waals surface area (Å²) in [5.74, 6) is 0.735. The number of carbonyl (C=O) groups excluding carboxylic acids is 2. The molecule has 0 unspecified atom stereocenters. The zero-order valence-electron chi connectivity index (χ0n) is 17.4. The van der Waals surface area contributed by atoms with Crippen LogP contribution in [0.25, 0.3) is 0 Å². The molecule has 0 aliphatic carbocycles. The molecule has 3 aromatic rings. The van der Waals surface area contributed by atoms with Gasteiger partial charge >= 0.3 is 0 Å². The van der Waals surface area contributed by atoms with Crippen LogP contribution in [0.1, 0.15) is 25.6 Å². The first-order chi connectivity index (χ1) is 15.1. The minimum absolute atomic E-state index is 0.127. The Hall–Kier alpha value is -3.16. The Balaban J connectivity index is 1.27. The molecule has 160 valence electrons. The van der Waals surface area contributed by atoms with Crippen LogP contribution in [-0.2, 0) is 6.54 Å². The Labute approximate surface area is 186 Å². The molecule has 31 heavy (non-hydrogen) atoms. The third-order valence-electron chi connectivity index (χ3n) is 5.36. The van der Waals surface area contributed by atoms with Gasteiger partial charge < -0.3 is 15.0 Å². The molecule has 0 atom stereocenters. The minimum atomic E-state index is -0.141. The fourth-order valence-corrected chi connectivity index (χ4v) is 4.25. The van der Waals surface area contributed by atoms with Gasteiger partial charge in [0, 0.05) is 44.0 Å². The highest BCUT2D eigenvalue weighted by molar-refractivity contribution is 7.12. The summed E-state index contributed by atoms with van der Waals surface area (Å²) in [7, 11) is 1.61. The molecule has 1 aliphatic rings. The maximum atomic E-state index is 12.5. The number of anilines is 1. The molecule has 0 bridgehead atoms. The number of hydrogen-bond acceptors (Lipinski definition) is 5. The van der Waals surface area contributed by atoms with Gasteiger partial charge in [0.05, 0.1) is 12.0 Å². The standard InChI is InChI=1S/C24H25N3O3S/c1-30-21-10-8-20(9-11-21)25-23(28)19-6-4-18(5-7-19)17-26-12-14-27(15-13-26)24(29)22-3-2-16-31-22/h2-11,16H,12-15,17H2,1H3,(H,25,28). The van der Waals surface area contributed by atoms with Crippen LogP contribution >= 0.6 is 11.3 Å². The molecular formula is C24H25N3O3S. The lowest BCUT2D eigenvalue weighted by atomic mass is 10.1. The molecule has 1 aliphatic heterocycles. The van der Waals surface area contributed by atoms with Gasteiger partial charge in [0.1, 0.15) is 5.75 Å². The van der Waals surface area contributed by atoms with Crippen molar-refractivity contribution < 1.29 is 14.3 Å². The number of benzene rings is 2. The molecule has 2 amide bonds. The number of rotatable bonds is 6. The van der Waals surface area contributed by atoms with Crippen molar-refractivity contribution in [3.05, 3.63) is 82.0 Å². The van der Waals surface area contributed by atoms with Crippen molar-refractivity contribution in [2.75, 3.05) is 38.6 Å². The Morgan fingerprint density at radius 3 is 2.29 bits per heavy atom. The van der Waals surface area contributed by atoms with Gasteiger partial charge in [0.25, 0.3) is 11.8 Å². The van der Waals surface area contributed by atoms with Gasteiger partial charge in [-0.15, -0.1) is 11.3 Å². The zero-order chi connectivity index (χ0) is 21.6. The van der Waals surface area contributed by atoms with Crippen LogP contribution in [0.5, 0.6) is 5.75 Å². The number of nitrogens with zero attached hydrogens (tertiary/aromatic N) is 2. The predicted octanol–water partition coefficient (Wildman–Crippen LogP) is 3.97. The molecule has 7 heteroatoms. The summed E-state index contributed by atoms with van der Waals surface area (Å²) in [6.45, 7) is 3.97. The normalized spacial score (nSPS) is 14.3. The van der Waals surface area contributed by atoms with Crippen molar-refractivity contribution in [1.29, 1.82) is 0 Å². The van der Waals surface area contributed by atoms with E-state index in [1.165, 1.54) is 11.3 Å². The van der Waals surface area contributed by atoms with Crippen LogP contribution in [-0.4, -0.2) is 54.9 Å². The monoisotopic (exact) mass is 435 g/mol. The van der Waals surface area contributed by atoms with Crippen molar-refractivity contribution in [3.8, 4) is 5.75 Å². The second-order valence-electron chi connectivity index (χ2n) is 7.43. The molecule has 2 aromatic carbocycles. The Morgan fingerprint density at radius 2 is 1.68 bits per heavy atom. The van der Waals surface area contributed by atoms with Crippen molar-refractivity contribution >= 4 is 28.8 Å². The van der Waals surface area contributed by atoms with E-state index < -0.39 is 0 Å². The molecule has 1 N–H and O–H groups in total. The highest BCUT2D eigenvalue weighted by atomic mass is 32.1. The largest absolute Gasteiger partial charge is 0.497 e. The molecule has 6 nitrogen and oxygen atoms in total. The van der Waals surface area contributed by atoms with Gasteiger partial charge in [0.2, 0.25) is 0 Å². The first-order valence-corrected chi connectivity index (χ1v) is 11.1. The molecular weight excluding hydrogens is 410 g/mol. The smallest absolute Gasteiger partial charge is 0.264 e. The van der Waals surface area contributed by atoms with Gasteiger partial charge in [-0.1, -0.05) is 18.2 Å². The number of ether oxygens (including phenoxy) is 1. The van der Waals surface area contributed by atoms with Gasteiger partial charge in [-0.3, -0.25) is 14.5 Å². The van der Waals surface area contributed by atoms with Crippen LogP contribution in [0.2, 0.25) is 0 Å². The number of amides is 2. The van der Waals surface area contributed by atoms with Crippen LogP contribution in [0.4, 0.5) is 5.69 Å². The quantitative estimate of drug-likeness (QED) is 0.637. The van der Waals surface area contributed by atoms with E-state index >= 15 is 0 Å². The molecule has 0 radical (unpaired) electrons. The van der Waals surface area contributed by atoms with E-state index in [1.54, 1.807) is 7.11 Å². The Kier molecular flexibility index (Phi) is 6.64. The third-order valence-corrected chi connectivity index (χ3v) is 6.22. The molecule has 1 saturated heterocycles. The number of carbonyl (C=O) groups is 2. The lowest BCUT2D eigenvalue weighted by Crippen LogP contribution is -2.48. The fourth-order valence-electron chi connectivity index (χ4n) is 3.56. The minimum Gasteiger partial charge on any atom is -0.497 e. The van der Waals surface area contributed by atoms with Crippen LogP contribution in [0.3, 0.4) is 0 Å². The molecule has 2 heterocycles. The third kappa shape index (κ3) is 5.31. The van der Waals surface area contributed by atoms with Crippen molar-refractivity contribution in [2.45, 2.75) is 6.54 Å². The number of thiophene rings is 1. The maximum absolute atomic E-state index is 12.5. The van der Waals surface area contributed by atoms with Gasteiger partial charge in [0.15, 0.2) is 0 Å². The highest BCUT2D eigenvalue weighted by Gasteiger charge is 2.22. The number of nitrogens with one attached hydrogen (secondary N) is 1. The van der Waals surface area contributed by atoms with Crippen molar-refractivity contribution in [1.82, 2.24) is 9.80 Å².